The summed E-state index contributed by atoms with van der Waals surface area (Å²) in [6, 6.07) is 8.54. The van der Waals surface area contributed by atoms with E-state index in [-0.39, 0.29) is 5.91 Å². The molecule has 0 radical (unpaired) electrons. The minimum Gasteiger partial charge on any atom is -0.362 e. The zero-order chi connectivity index (χ0) is 21.6. The Bertz CT molecular complexity index is 931. The SMILES string of the molecule is CN(C)c1nc(NC2CCC(CNC(=O)CC3=CCCCC3)CC2)nc2ccccc12. The quantitative estimate of drug-likeness (QED) is 0.636. The maximum Gasteiger partial charge on any atom is 0.225 e. The Balaban J connectivity index is 1.26. The van der Waals surface area contributed by atoms with Gasteiger partial charge in [0.1, 0.15) is 5.82 Å². The summed E-state index contributed by atoms with van der Waals surface area (Å²) in [6.45, 7) is 0.802. The van der Waals surface area contributed by atoms with Gasteiger partial charge in [0, 0.05) is 38.5 Å². The molecule has 2 aromatic rings. The molecular weight excluding hydrogens is 386 g/mol. The molecule has 6 heteroatoms. The van der Waals surface area contributed by atoms with Crippen LogP contribution in [-0.4, -0.2) is 42.6 Å². The first-order valence-corrected chi connectivity index (χ1v) is 11.7. The van der Waals surface area contributed by atoms with Crippen molar-refractivity contribution in [1.29, 1.82) is 0 Å². The molecule has 166 valence electrons. The molecule has 0 spiro atoms. The van der Waals surface area contributed by atoms with Crippen LogP contribution in [0.5, 0.6) is 0 Å². The molecule has 0 aliphatic heterocycles. The van der Waals surface area contributed by atoms with E-state index in [1.165, 1.54) is 18.4 Å². The van der Waals surface area contributed by atoms with Gasteiger partial charge in [-0.05, 0) is 69.4 Å². The third-order valence-corrected chi connectivity index (χ3v) is 6.55. The molecule has 31 heavy (non-hydrogen) atoms. The lowest BCUT2D eigenvalue weighted by molar-refractivity contribution is -0.120. The van der Waals surface area contributed by atoms with E-state index in [4.69, 9.17) is 9.97 Å². The van der Waals surface area contributed by atoms with Crippen molar-refractivity contribution < 1.29 is 4.79 Å². The number of nitrogens with one attached hydrogen (secondary N) is 2. The van der Waals surface area contributed by atoms with E-state index < -0.39 is 0 Å². The van der Waals surface area contributed by atoms with Gasteiger partial charge in [-0.1, -0.05) is 23.8 Å². The summed E-state index contributed by atoms with van der Waals surface area (Å²) < 4.78 is 0. The van der Waals surface area contributed by atoms with Gasteiger partial charge in [-0.2, -0.15) is 4.98 Å². The smallest absolute Gasteiger partial charge is 0.225 e. The third kappa shape index (κ3) is 5.75. The van der Waals surface area contributed by atoms with Crippen LogP contribution in [0.4, 0.5) is 11.8 Å². The fourth-order valence-corrected chi connectivity index (χ4v) is 4.75. The van der Waals surface area contributed by atoms with Crippen LogP contribution in [0.15, 0.2) is 35.9 Å². The zero-order valence-corrected chi connectivity index (χ0v) is 18.9. The fraction of sp³-hybridized carbons (Fsp3) is 0.560. The predicted molar refractivity (Wildman–Crippen MR) is 127 cm³/mol. The number of carbonyl (C=O) groups is 1. The summed E-state index contributed by atoms with van der Waals surface area (Å²) >= 11 is 0. The van der Waals surface area contributed by atoms with Crippen molar-refractivity contribution in [3.8, 4) is 0 Å². The van der Waals surface area contributed by atoms with Crippen molar-refractivity contribution in [2.45, 2.75) is 63.8 Å². The van der Waals surface area contributed by atoms with Crippen molar-refractivity contribution in [3.05, 3.63) is 35.9 Å². The van der Waals surface area contributed by atoms with Gasteiger partial charge in [-0.15, -0.1) is 0 Å². The molecule has 6 nitrogen and oxygen atoms in total. The molecule has 2 aliphatic carbocycles. The van der Waals surface area contributed by atoms with E-state index in [1.54, 1.807) is 0 Å². The van der Waals surface area contributed by atoms with Crippen LogP contribution >= 0.6 is 0 Å². The number of para-hydroxylation sites is 1. The largest absolute Gasteiger partial charge is 0.362 e. The van der Waals surface area contributed by atoms with E-state index in [0.29, 0.717) is 24.3 Å². The number of anilines is 2. The molecule has 1 saturated carbocycles. The Morgan fingerprint density at radius 1 is 1.10 bits per heavy atom. The average Bonchev–Trinajstić information content (AvgIpc) is 2.78. The number of hydrogen-bond acceptors (Lipinski definition) is 5. The number of hydrogen-bond donors (Lipinski definition) is 2. The molecule has 1 amide bonds. The van der Waals surface area contributed by atoms with Crippen LogP contribution in [-0.2, 0) is 4.79 Å². The van der Waals surface area contributed by atoms with Crippen molar-refractivity contribution in [1.82, 2.24) is 15.3 Å². The average molecular weight is 422 g/mol. The van der Waals surface area contributed by atoms with Gasteiger partial charge in [0.15, 0.2) is 0 Å². The van der Waals surface area contributed by atoms with Crippen LogP contribution in [0.2, 0.25) is 0 Å². The maximum atomic E-state index is 12.3. The summed E-state index contributed by atoms with van der Waals surface area (Å²) in [4.78, 5) is 23.8. The highest BCUT2D eigenvalue weighted by Gasteiger charge is 2.23. The molecule has 1 aromatic carbocycles. The molecule has 0 saturated heterocycles. The topological polar surface area (TPSA) is 70.2 Å². The summed E-state index contributed by atoms with van der Waals surface area (Å²) in [5.41, 5.74) is 2.29. The second kappa shape index (κ2) is 10.1. The van der Waals surface area contributed by atoms with Gasteiger partial charge < -0.3 is 15.5 Å². The summed E-state index contributed by atoms with van der Waals surface area (Å²) in [5.74, 6) is 2.41. The van der Waals surface area contributed by atoms with Crippen molar-refractivity contribution >= 4 is 28.6 Å². The Morgan fingerprint density at radius 2 is 1.90 bits per heavy atom. The summed E-state index contributed by atoms with van der Waals surface area (Å²) in [5, 5.41) is 7.81. The second-order valence-corrected chi connectivity index (χ2v) is 9.23. The van der Waals surface area contributed by atoms with Crippen molar-refractivity contribution in [3.63, 3.8) is 0 Å². The molecule has 1 fully saturated rings. The summed E-state index contributed by atoms with van der Waals surface area (Å²) in [7, 11) is 4.03. The number of fused-ring (bicyclic) bond motifs is 1. The molecule has 0 atom stereocenters. The number of aromatic nitrogens is 2. The molecule has 2 aliphatic rings. The Labute approximate surface area is 185 Å². The van der Waals surface area contributed by atoms with Crippen LogP contribution in [0.25, 0.3) is 10.9 Å². The first kappa shape index (κ1) is 21.6. The first-order valence-electron chi connectivity index (χ1n) is 11.7. The van der Waals surface area contributed by atoms with Gasteiger partial charge in [0.25, 0.3) is 0 Å². The van der Waals surface area contributed by atoms with Crippen LogP contribution < -0.4 is 15.5 Å². The lowest BCUT2D eigenvalue weighted by Crippen LogP contribution is -2.34. The monoisotopic (exact) mass is 421 g/mol. The molecule has 2 N–H and O–H groups in total. The van der Waals surface area contributed by atoms with E-state index in [2.05, 4.69) is 22.8 Å². The Kier molecular flexibility index (Phi) is 7.05. The van der Waals surface area contributed by atoms with Gasteiger partial charge in [0.05, 0.1) is 5.52 Å². The Hall–Kier alpha value is -2.63. The number of benzene rings is 1. The minimum atomic E-state index is 0.189. The van der Waals surface area contributed by atoms with Gasteiger partial charge in [0.2, 0.25) is 11.9 Å². The standard InChI is InChI=1S/C25H35N5O/c1-30(2)24-21-10-6-7-11-22(21)28-25(29-24)27-20-14-12-19(13-15-20)17-26-23(31)16-18-8-4-3-5-9-18/h6-8,10-11,19-20H,3-5,9,12-17H2,1-2H3,(H,26,31)(H,27,28,29). The number of allylic oxidation sites excluding steroid dienone is 1. The van der Waals surface area contributed by atoms with Gasteiger partial charge >= 0.3 is 0 Å². The zero-order valence-electron chi connectivity index (χ0n) is 18.9. The molecule has 4 rings (SSSR count). The van der Waals surface area contributed by atoms with Crippen LogP contribution in [0.3, 0.4) is 0 Å². The number of nitrogens with zero attached hydrogens (tertiary/aromatic N) is 3. The van der Waals surface area contributed by atoms with Crippen molar-refractivity contribution in [2.24, 2.45) is 5.92 Å². The number of amides is 1. The van der Waals surface area contributed by atoms with E-state index >= 15 is 0 Å². The highest BCUT2D eigenvalue weighted by Crippen LogP contribution is 2.28. The van der Waals surface area contributed by atoms with E-state index in [1.807, 2.05) is 37.2 Å². The lowest BCUT2D eigenvalue weighted by Gasteiger charge is -2.29. The maximum absolute atomic E-state index is 12.3. The normalized spacial score (nSPS) is 21.4. The predicted octanol–water partition coefficient (Wildman–Crippen LogP) is 4.67. The number of rotatable bonds is 7. The third-order valence-electron chi connectivity index (χ3n) is 6.55. The molecule has 0 bridgehead atoms. The molecular formula is C25H35N5O. The van der Waals surface area contributed by atoms with Crippen LogP contribution in [0.1, 0.15) is 57.8 Å². The first-order chi connectivity index (χ1) is 15.1. The highest BCUT2D eigenvalue weighted by atomic mass is 16.1. The molecule has 1 heterocycles. The fourth-order valence-electron chi connectivity index (χ4n) is 4.75. The van der Waals surface area contributed by atoms with Crippen LogP contribution in [0, 0.1) is 5.92 Å². The Morgan fingerprint density at radius 3 is 2.65 bits per heavy atom. The minimum absolute atomic E-state index is 0.189. The van der Waals surface area contributed by atoms with Crippen molar-refractivity contribution in [2.75, 3.05) is 30.9 Å². The van der Waals surface area contributed by atoms with Gasteiger partial charge in [-0.3, -0.25) is 4.79 Å². The summed E-state index contributed by atoms with van der Waals surface area (Å²) in [6.07, 6.45) is 12.0. The molecule has 0 unspecified atom stereocenters. The molecule has 1 aromatic heterocycles. The highest BCUT2D eigenvalue weighted by molar-refractivity contribution is 5.90. The van der Waals surface area contributed by atoms with E-state index in [0.717, 1.165) is 61.8 Å². The second-order valence-electron chi connectivity index (χ2n) is 9.23. The lowest BCUT2D eigenvalue weighted by atomic mass is 9.86. The number of carbonyl (C=O) groups excluding carboxylic acids is 1. The van der Waals surface area contributed by atoms with Gasteiger partial charge in [-0.25, -0.2) is 4.98 Å². The van der Waals surface area contributed by atoms with E-state index in [9.17, 15) is 4.79 Å².